The Morgan fingerprint density at radius 3 is 1.57 bits per heavy atom. The number of nitrogens with zero attached hydrogens (tertiary/aromatic N) is 2. The molecule has 56 heavy (non-hydrogen) atoms. The van der Waals surface area contributed by atoms with Crippen LogP contribution in [0, 0.1) is 0 Å². The minimum Gasteiger partial charge on any atom is -0.309 e. The minimum atomic E-state index is 0.00230. The number of hydrogen-bond donors (Lipinski definition) is 0. The Bertz CT molecular complexity index is 3030. The van der Waals surface area contributed by atoms with Crippen LogP contribution in [-0.4, -0.2) is 4.57 Å². The molecule has 0 N–H and O–H groups in total. The van der Waals surface area contributed by atoms with E-state index in [0.29, 0.717) is 0 Å². The molecule has 9 aromatic carbocycles. The van der Waals surface area contributed by atoms with Crippen LogP contribution in [0.4, 0.5) is 17.1 Å². The van der Waals surface area contributed by atoms with Gasteiger partial charge in [-0.05, 0) is 97.6 Å². The molecule has 0 spiro atoms. The van der Waals surface area contributed by atoms with Crippen LogP contribution in [0.1, 0.15) is 52.7 Å². The molecule has 0 aliphatic heterocycles. The highest BCUT2D eigenvalue weighted by atomic mass is 15.1. The average Bonchev–Trinajstić information content (AvgIpc) is 3.54. The Kier molecular flexibility index (Phi) is 7.67. The van der Waals surface area contributed by atoms with Gasteiger partial charge in [-0.15, -0.1) is 0 Å². The number of aromatic nitrogens is 1. The van der Waals surface area contributed by atoms with E-state index in [0.717, 1.165) is 11.4 Å². The Hall–Kier alpha value is -6.38. The Balaban J connectivity index is 1.27. The van der Waals surface area contributed by atoms with E-state index in [2.05, 4.69) is 221 Å². The zero-order valence-corrected chi connectivity index (χ0v) is 33.1. The summed E-state index contributed by atoms with van der Waals surface area (Å²) in [6.07, 6.45) is 0. The van der Waals surface area contributed by atoms with Crippen molar-refractivity contribution in [3.63, 3.8) is 0 Å². The summed E-state index contributed by atoms with van der Waals surface area (Å²) in [6.45, 7) is 13.8. The van der Waals surface area contributed by atoms with Crippen LogP contribution in [-0.2, 0) is 10.8 Å². The van der Waals surface area contributed by atoms with E-state index in [1.54, 1.807) is 0 Å². The lowest BCUT2D eigenvalue weighted by Crippen LogP contribution is -2.16. The summed E-state index contributed by atoms with van der Waals surface area (Å²) in [4.78, 5) is 2.50. The van der Waals surface area contributed by atoms with Gasteiger partial charge < -0.3 is 9.47 Å². The first kappa shape index (κ1) is 34.1. The fraction of sp³-hybridized carbons (Fsp3) is 0.148. The maximum absolute atomic E-state index is 2.50. The van der Waals surface area contributed by atoms with Crippen molar-refractivity contribution in [3.8, 4) is 16.8 Å². The van der Waals surface area contributed by atoms with Gasteiger partial charge in [-0.2, -0.15) is 0 Å². The van der Waals surface area contributed by atoms with Crippen molar-refractivity contribution in [2.75, 3.05) is 4.90 Å². The lowest BCUT2D eigenvalue weighted by molar-refractivity contribution is 0.590. The molecule has 10 rings (SSSR count). The molecule has 0 unspecified atom stereocenters. The molecule has 0 amide bonds. The van der Waals surface area contributed by atoms with E-state index in [-0.39, 0.29) is 10.8 Å². The summed E-state index contributed by atoms with van der Waals surface area (Å²) in [5.41, 5.74) is 12.2. The Labute approximate surface area is 329 Å². The predicted octanol–water partition coefficient (Wildman–Crippen LogP) is 15.4. The van der Waals surface area contributed by atoms with Crippen LogP contribution >= 0.6 is 0 Å². The van der Waals surface area contributed by atoms with Gasteiger partial charge in [-0.1, -0.05) is 163 Å². The minimum absolute atomic E-state index is 0.00230. The second-order valence-corrected chi connectivity index (χ2v) is 17.4. The molecule has 0 saturated heterocycles. The van der Waals surface area contributed by atoms with Crippen LogP contribution in [0.5, 0.6) is 0 Å². The summed E-state index contributed by atoms with van der Waals surface area (Å²) < 4.78 is 2.46. The molecule has 0 bridgehead atoms. The summed E-state index contributed by atoms with van der Waals surface area (Å²) in [7, 11) is 0. The van der Waals surface area contributed by atoms with Crippen molar-refractivity contribution in [1.82, 2.24) is 4.57 Å². The number of para-hydroxylation sites is 2. The highest BCUT2D eigenvalue weighted by molar-refractivity contribution is 6.27. The Morgan fingerprint density at radius 2 is 0.929 bits per heavy atom. The molecule has 0 aliphatic rings. The molecular weight excluding hydrogens is 677 g/mol. The number of fused-ring (bicyclic) bond motifs is 3. The van der Waals surface area contributed by atoms with Crippen LogP contribution < -0.4 is 4.90 Å². The van der Waals surface area contributed by atoms with Gasteiger partial charge >= 0.3 is 0 Å². The normalized spacial score (nSPS) is 12.5. The number of anilines is 3. The molecular formula is C54H46N2. The van der Waals surface area contributed by atoms with Gasteiger partial charge in [-0.3, -0.25) is 0 Å². The van der Waals surface area contributed by atoms with Crippen molar-refractivity contribution in [2.24, 2.45) is 0 Å². The lowest BCUT2D eigenvalue weighted by Gasteiger charge is -2.31. The lowest BCUT2D eigenvalue weighted by atomic mass is 9.84. The van der Waals surface area contributed by atoms with Crippen LogP contribution in [0.25, 0.3) is 70.9 Å². The van der Waals surface area contributed by atoms with E-state index in [9.17, 15) is 0 Å². The highest BCUT2D eigenvalue weighted by Gasteiger charge is 2.25. The van der Waals surface area contributed by atoms with Crippen molar-refractivity contribution >= 4 is 71.2 Å². The molecule has 0 aliphatic carbocycles. The molecule has 0 saturated carbocycles. The van der Waals surface area contributed by atoms with Gasteiger partial charge in [0.05, 0.1) is 28.1 Å². The summed E-state index contributed by atoms with van der Waals surface area (Å²) >= 11 is 0. The van der Waals surface area contributed by atoms with Crippen molar-refractivity contribution in [3.05, 3.63) is 181 Å². The molecule has 272 valence electrons. The van der Waals surface area contributed by atoms with Crippen LogP contribution in [0.15, 0.2) is 170 Å². The van der Waals surface area contributed by atoms with Gasteiger partial charge in [0.15, 0.2) is 0 Å². The van der Waals surface area contributed by atoms with E-state index >= 15 is 0 Å². The summed E-state index contributed by atoms with van der Waals surface area (Å²) in [6, 6.07) is 63.4. The van der Waals surface area contributed by atoms with Crippen molar-refractivity contribution < 1.29 is 0 Å². The number of hydrogen-bond acceptors (Lipinski definition) is 1. The first-order chi connectivity index (χ1) is 27.1. The SMILES string of the molecule is CC(C)(C)c1ccc(N(c2ccc(C(C)(C)C)cc2-c2ccccc2)c2ccc3ccc4c(-n5c6ccccc6c6ccccc65)ccc5ccc2c3c54)cc1. The molecule has 10 aromatic rings. The highest BCUT2D eigenvalue weighted by Crippen LogP contribution is 2.48. The third kappa shape index (κ3) is 5.39. The second kappa shape index (κ2) is 12.6. The fourth-order valence-electron chi connectivity index (χ4n) is 8.91. The fourth-order valence-corrected chi connectivity index (χ4v) is 8.91. The van der Waals surface area contributed by atoms with Crippen molar-refractivity contribution in [2.45, 2.75) is 52.4 Å². The topological polar surface area (TPSA) is 8.17 Å². The quantitative estimate of drug-likeness (QED) is 0.161. The number of rotatable bonds is 5. The number of benzene rings is 9. The molecule has 2 heteroatoms. The maximum Gasteiger partial charge on any atom is 0.0541 e. The van der Waals surface area contributed by atoms with Crippen LogP contribution in [0.2, 0.25) is 0 Å². The molecule has 1 heterocycles. The summed E-state index contributed by atoms with van der Waals surface area (Å²) in [5.74, 6) is 0. The molecule has 1 aromatic heterocycles. The maximum atomic E-state index is 2.50. The van der Waals surface area contributed by atoms with Crippen molar-refractivity contribution in [1.29, 1.82) is 0 Å². The average molecular weight is 723 g/mol. The van der Waals surface area contributed by atoms with E-state index < -0.39 is 0 Å². The third-order valence-electron chi connectivity index (χ3n) is 11.9. The van der Waals surface area contributed by atoms with E-state index in [1.165, 1.54) is 87.8 Å². The molecule has 2 nitrogen and oxygen atoms in total. The van der Waals surface area contributed by atoms with Gasteiger partial charge in [0, 0.05) is 32.8 Å². The Morgan fingerprint density at radius 1 is 0.411 bits per heavy atom. The molecule has 0 radical (unpaired) electrons. The second-order valence-electron chi connectivity index (χ2n) is 17.4. The standard InChI is InChI=1S/C54H46N2/c1-53(2,3)38-24-27-40(28-25-38)55(50-33-26-39(54(4,5)6)34-45(50)35-14-8-7-9-15-35)48-31-22-36-21-30-44-49(32-23-37-20-29-43(48)51(36)52(37)44)56-46-18-12-10-16-41(46)42-17-11-13-19-47(42)56/h7-34H,1-6H3. The van der Waals surface area contributed by atoms with E-state index in [1.807, 2.05) is 0 Å². The van der Waals surface area contributed by atoms with Crippen LogP contribution in [0.3, 0.4) is 0 Å². The molecule has 0 fully saturated rings. The van der Waals surface area contributed by atoms with Gasteiger partial charge in [0.25, 0.3) is 0 Å². The summed E-state index contributed by atoms with van der Waals surface area (Å²) in [5, 5.41) is 10.1. The van der Waals surface area contributed by atoms with E-state index in [4.69, 9.17) is 0 Å². The first-order valence-electron chi connectivity index (χ1n) is 19.9. The third-order valence-corrected chi connectivity index (χ3v) is 11.9. The molecule has 0 atom stereocenters. The van der Waals surface area contributed by atoms with Gasteiger partial charge in [0.2, 0.25) is 0 Å². The zero-order valence-electron chi connectivity index (χ0n) is 33.1. The zero-order chi connectivity index (χ0) is 38.3. The smallest absolute Gasteiger partial charge is 0.0541 e. The monoisotopic (exact) mass is 722 g/mol. The predicted molar refractivity (Wildman–Crippen MR) is 242 cm³/mol. The first-order valence-corrected chi connectivity index (χ1v) is 19.9. The van der Waals surface area contributed by atoms with Gasteiger partial charge in [-0.25, -0.2) is 0 Å². The largest absolute Gasteiger partial charge is 0.309 e. The van der Waals surface area contributed by atoms with Gasteiger partial charge in [0.1, 0.15) is 0 Å².